The van der Waals surface area contributed by atoms with Gasteiger partial charge >= 0.3 is 0 Å². The van der Waals surface area contributed by atoms with Crippen LogP contribution in [-0.2, 0) is 4.79 Å². The van der Waals surface area contributed by atoms with E-state index in [4.69, 9.17) is 5.84 Å². The first-order valence-electron chi connectivity index (χ1n) is 6.93. The molecule has 0 atom stereocenters. The number of hydrazone groups is 1. The van der Waals surface area contributed by atoms with Crippen molar-refractivity contribution >= 4 is 30.2 Å². The number of amides is 1. The lowest BCUT2D eigenvalue weighted by atomic mass is 10.2. The molecular formula is C16H17N5O3. The number of nitrogens with one attached hydrogen (secondary N) is 1. The summed E-state index contributed by atoms with van der Waals surface area (Å²) < 4.78 is 0. The summed E-state index contributed by atoms with van der Waals surface area (Å²) >= 11 is 0. The summed E-state index contributed by atoms with van der Waals surface area (Å²) in [7, 11) is 0. The minimum absolute atomic E-state index is 0.0676. The number of nitrogens with zero attached hydrogens (tertiary/aromatic N) is 3. The molecule has 0 bridgehead atoms. The van der Waals surface area contributed by atoms with Crippen LogP contribution in [0.2, 0.25) is 0 Å². The van der Waals surface area contributed by atoms with Crippen LogP contribution in [0.5, 0.6) is 11.5 Å². The van der Waals surface area contributed by atoms with Crippen LogP contribution >= 0.6 is 0 Å². The van der Waals surface area contributed by atoms with Crippen molar-refractivity contribution in [3.63, 3.8) is 0 Å². The summed E-state index contributed by atoms with van der Waals surface area (Å²) in [5.74, 6) is 5.19. The topological polar surface area (TPSA) is 124 Å². The van der Waals surface area contributed by atoms with E-state index in [2.05, 4.69) is 22.2 Å². The molecule has 2 rings (SSSR count). The van der Waals surface area contributed by atoms with Gasteiger partial charge in [0.05, 0.1) is 17.6 Å². The Bertz CT molecular complexity index is 776. The Morgan fingerprint density at radius 3 is 2.75 bits per heavy atom. The zero-order valence-corrected chi connectivity index (χ0v) is 12.8. The first-order chi connectivity index (χ1) is 11.5. The van der Waals surface area contributed by atoms with Crippen LogP contribution in [0.4, 0.5) is 11.4 Å². The minimum Gasteiger partial charge on any atom is -0.508 e. The highest BCUT2D eigenvalue weighted by atomic mass is 16.3. The highest BCUT2D eigenvalue weighted by molar-refractivity contribution is 5.87. The number of phenols is 2. The molecule has 1 amide bonds. The number of rotatable bonds is 6. The number of hydrogen-bond acceptors (Lipinski definition) is 7. The summed E-state index contributed by atoms with van der Waals surface area (Å²) in [6, 6.07) is 11.0. The minimum atomic E-state index is -0.453. The van der Waals surface area contributed by atoms with Gasteiger partial charge in [0.25, 0.3) is 5.91 Å². The summed E-state index contributed by atoms with van der Waals surface area (Å²) in [4.78, 5) is 15.7. The summed E-state index contributed by atoms with van der Waals surface area (Å²) in [5, 5.41) is 23.8. The van der Waals surface area contributed by atoms with Crippen LogP contribution in [0.3, 0.4) is 0 Å². The number of benzene rings is 2. The third-order valence-electron chi connectivity index (χ3n) is 3.08. The van der Waals surface area contributed by atoms with Crippen LogP contribution in [0.1, 0.15) is 5.56 Å². The van der Waals surface area contributed by atoms with E-state index < -0.39 is 5.91 Å². The highest BCUT2D eigenvalue weighted by Gasteiger charge is 2.10. The second-order valence-corrected chi connectivity index (χ2v) is 4.81. The Kier molecular flexibility index (Phi) is 5.48. The van der Waals surface area contributed by atoms with Gasteiger partial charge in [0.1, 0.15) is 18.0 Å². The summed E-state index contributed by atoms with van der Waals surface area (Å²) in [6.07, 6.45) is 1.26. The molecule has 0 aliphatic heterocycles. The number of aliphatic imine (C=N–C) groups is 1. The van der Waals surface area contributed by atoms with E-state index >= 15 is 0 Å². The van der Waals surface area contributed by atoms with Gasteiger partial charge in [-0.15, -0.1) is 0 Å². The van der Waals surface area contributed by atoms with Crippen molar-refractivity contribution in [3.8, 4) is 11.5 Å². The van der Waals surface area contributed by atoms with Gasteiger partial charge in [0.2, 0.25) is 0 Å². The maximum absolute atomic E-state index is 11.9. The lowest BCUT2D eigenvalue weighted by Gasteiger charge is -2.18. The fraction of sp³-hybridized carbons (Fsp3) is 0.0625. The maximum atomic E-state index is 11.9. The number of aromatic hydroxyl groups is 2. The molecule has 2 aromatic carbocycles. The molecule has 0 spiro atoms. The van der Waals surface area contributed by atoms with Gasteiger partial charge in [-0.3, -0.25) is 14.8 Å². The fourth-order valence-electron chi connectivity index (χ4n) is 1.93. The monoisotopic (exact) mass is 327 g/mol. The molecule has 0 aliphatic rings. The van der Waals surface area contributed by atoms with E-state index in [1.165, 1.54) is 29.4 Å². The smallest absolute Gasteiger partial charge is 0.261 e. The van der Waals surface area contributed by atoms with Crippen LogP contribution in [0, 0.1) is 0 Å². The number of anilines is 1. The largest absolute Gasteiger partial charge is 0.508 e. The van der Waals surface area contributed by atoms with Crippen molar-refractivity contribution in [1.29, 1.82) is 0 Å². The third kappa shape index (κ3) is 4.31. The number of carbonyl (C=O) groups is 1. The average molecular weight is 327 g/mol. The molecule has 2 aromatic rings. The third-order valence-corrected chi connectivity index (χ3v) is 3.08. The summed E-state index contributed by atoms with van der Waals surface area (Å²) in [6.45, 7) is 3.31. The molecule has 8 heteroatoms. The molecule has 8 nitrogen and oxygen atoms in total. The van der Waals surface area contributed by atoms with Crippen molar-refractivity contribution in [1.82, 2.24) is 5.43 Å². The van der Waals surface area contributed by atoms with Gasteiger partial charge in [-0.25, -0.2) is 11.3 Å². The Labute approximate surface area is 138 Å². The van der Waals surface area contributed by atoms with Crippen molar-refractivity contribution in [2.75, 3.05) is 11.6 Å². The lowest BCUT2D eigenvalue weighted by molar-refractivity contribution is -0.119. The van der Waals surface area contributed by atoms with Gasteiger partial charge in [-0.2, -0.15) is 5.10 Å². The van der Waals surface area contributed by atoms with Crippen molar-refractivity contribution in [2.24, 2.45) is 15.9 Å². The molecule has 124 valence electrons. The van der Waals surface area contributed by atoms with Crippen molar-refractivity contribution in [2.45, 2.75) is 0 Å². The van der Waals surface area contributed by atoms with Gasteiger partial charge in [-0.05, 0) is 31.0 Å². The number of phenolic OH excluding ortho intramolecular Hbond substituents is 2. The average Bonchev–Trinajstić information content (AvgIpc) is 2.56. The first kappa shape index (κ1) is 17.0. The fourth-order valence-corrected chi connectivity index (χ4v) is 1.93. The maximum Gasteiger partial charge on any atom is 0.261 e. The molecule has 0 radical (unpaired) electrons. The van der Waals surface area contributed by atoms with E-state index in [0.717, 1.165) is 0 Å². The number of carbonyl (C=O) groups excluding carboxylic acids is 1. The van der Waals surface area contributed by atoms with E-state index in [9.17, 15) is 15.0 Å². The van der Waals surface area contributed by atoms with Crippen LogP contribution in [0.25, 0.3) is 0 Å². The molecule has 0 heterocycles. The SMILES string of the molecule is C=Nc1ccccc1N(N)CC(=O)N/N=C/c1ccc(O)cc1O. The molecule has 0 saturated carbocycles. The van der Waals surface area contributed by atoms with E-state index in [1.807, 2.05) is 0 Å². The van der Waals surface area contributed by atoms with Crippen molar-refractivity contribution < 1.29 is 15.0 Å². The lowest BCUT2D eigenvalue weighted by Crippen LogP contribution is -2.40. The van der Waals surface area contributed by atoms with E-state index in [1.54, 1.807) is 24.3 Å². The number of hydrazine groups is 1. The van der Waals surface area contributed by atoms with Gasteiger partial charge < -0.3 is 10.2 Å². The van der Waals surface area contributed by atoms with Gasteiger partial charge in [0.15, 0.2) is 0 Å². The number of para-hydroxylation sites is 2. The van der Waals surface area contributed by atoms with Gasteiger partial charge in [-0.1, -0.05) is 12.1 Å². The van der Waals surface area contributed by atoms with Crippen LogP contribution in [0.15, 0.2) is 52.6 Å². The number of nitrogens with two attached hydrogens (primary N) is 1. The molecular weight excluding hydrogens is 310 g/mol. The molecule has 0 aliphatic carbocycles. The molecule has 5 N–H and O–H groups in total. The predicted octanol–water partition coefficient (Wildman–Crippen LogP) is 1.26. The Balaban J connectivity index is 1.95. The molecule has 0 aromatic heterocycles. The Morgan fingerprint density at radius 2 is 2.04 bits per heavy atom. The highest BCUT2D eigenvalue weighted by Crippen LogP contribution is 2.25. The second kappa shape index (κ2) is 7.75. The Hall–Kier alpha value is -3.39. The quantitative estimate of drug-likeness (QED) is 0.361. The van der Waals surface area contributed by atoms with Crippen LogP contribution in [-0.4, -0.2) is 35.6 Å². The standard InChI is InChI=1S/C16H17N5O3/c1-18-13-4-2-3-5-14(13)21(17)10-16(24)20-19-9-11-6-7-12(22)8-15(11)23/h2-9,22-23H,1,10,17H2,(H,20,24)/b19-9+. The van der Waals surface area contributed by atoms with Crippen molar-refractivity contribution in [3.05, 3.63) is 48.0 Å². The number of hydrogen-bond donors (Lipinski definition) is 4. The zero-order chi connectivity index (χ0) is 17.5. The first-order valence-corrected chi connectivity index (χ1v) is 6.93. The Morgan fingerprint density at radius 1 is 1.29 bits per heavy atom. The van der Waals surface area contributed by atoms with Gasteiger partial charge in [0, 0.05) is 11.6 Å². The molecule has 0 saturated heterocycles. The van der Waals surface area contributed by atoms with E-state index in [-0.39, 0.29) is 18.0 Å². The normalized spacial score (nSPS) is 10.5. The summed E-state index contributed by atoms with van der Waals surface area (Å²) in [5.41, 5.74) is 3.76. The zero-order valence-electron chi connectivity index (χ0n) is 12.8. The molecule has 24 heavy (non-hydrogen) atoms. The molecule has 0 unspecified atom stereocenters. The van der Waals surface area contributed by atoms with Crippen LogP contribution < -0.4 is 16.3 Å². The van der Waals surface area contributed by atoms with E-state index in [0.29, 0.717) is 16.9 Å². The molecule has 0 fully saturated rings. The second-order valence-electron chi connectivity index (χ2n) is 4.81. The predicted molar refractivity (Wildman–Crippen MR) is 92.7 cm³/mol.